The number of aryl methyl sites for hydroxylation is 2. The van der Waals surface area contributed by atoms with Crippen molar-refractivity contribution in [3.8, 4) is 5.75 Å². The van der Waals surface area contributed by atoms with E-state index in [2.05, 4.69) is 22.5 Å². The fourth-order valence-corrected chi connectivity index (χ4v) is 4.35. The van der Waals surface area contributed by atoms with Gasteiger partial charge in [0.25, 0.3) is 0 Å². The second-order valence-corrected chi connectivity index (χ2v) is 9.20. The van der Waals surface area contributed by atoms with Crippen molar-refractivity contribution in [2.75, 3.05) is 36.9 Å². The molecule has 1 aromatic heterocycles. The summed E-state index contributed by atoms with van der Waals surface area (Å²) in [4.78, 5) is 32.6. The minimum absolute atomic E-state index is 0.00377. The molecule has 0 radical (unpaired) electrons. The van der Waals surface area contributed by atoms with Crippen LogP contribution in [0.1, 0.15) is 43.2 Å². The number of rotatable bonds is 9. The smallest absolute Gasteiger partial charge is 0.240 e. The molecule has 0 bridgehead atoms. The van der Waals surface area contributed by atoms with Gasteiger partial charge < -0.3 is 15.4 Å². The summed E-state index contributed by atoms with van der Waals surface area (Å²) in [6.07, 6.45) is 3.84. The lowest BCUT2D eigenvalue weighted by molar-refractivity contribution is -0.123. The van der Waals surface area contributed by atoms with Gasteiger partial charge in [-0.25, -0.2) is 4.98 Å². The minimum atomic E-state index is -0.133. The van der Waals surface area contributed by atoms with Gasteiger partial charge in [-0.3, -0.25) is 14.5 Å². The summed E-state index contributed by atoms with van der Waals surface area (Å²) in [7, 11) is 0. The first kappa shape index (κ1) is 23.2. The predicted molar refractivity (Wildman–Crippen MR) is 125 cm³/mol. The third-order valence-corrected chi connectivity index (χ3v) is 6.40. The van der Waals surface area contributed by atoms with E-state index in [-0.39, 0.29) is 24.3 Å². The fourth-order valence-electron chi connectivity index (χ4n) is 3.51. The van der Waals surface area contributed by atoms with Gasteiger partial charge in [-0.1, -0.05) is 13.3 Å². The molecule has 1 aromatic carbocycles. The van der Waals surface area contributed by atoms with E-state index in [9.17, 15) is 9.59 Å². The lowest BCUT2D eigenvalue weighted by Crippen LogP contribution is -2.43. The third kappa shape index (κ3) is 7.04. The molecule has 1 unspecified atom stereocenters. The van der Waals surface area contributed by atoms with Crippen LogP contribution in [-0.2, 0) is 9.59 Å². The molecule has 1 atom stereocenters. The van der Waals surface area contributed by atoms with Gasteiger partial charge in [0.15, 0.2) is 5.13 Å². The largest absolute Gasteiger partial charge is 0.494 e. The van der Waals surface area contributed by atoms with Crippen LogP contribution in [0.5, 0.6) is 5.75 Å². The molecule has 0 saturated carbocycles. The first-order valence-corrected chi connectivity index (χ1v) is 11.8. The van der Waals surface area contributed by atoms with Gasteiger partial charge in [-0.2, -0.15) is 0 Å². The average molecular weight is 445 g/mol. The molecule has 1 fully saturated rings. The number of nitrogens with zero attached hydrogens (tertiary/aromatic N) is 2. The summed E-state index contributed by atoms with van der Waals surface area (Å²) in [5.41, 5.74) is 1.70. The molecule has 0 aliphatic carbocycles. The van der Waals surface area contributed by atoms with Crippen molar-refractivity contribution in [1.82, 2.24) is 9.88 Å². The van der Waals surface area contributed by atoms with Gasteiger partial charge in [0.2, 0.25) is 11.8 Å². The van der Waals surface area contributed by atoms with Crippen LogP contribution in [0, 0.1) is 19.8 Å². The Balaban J connectivity index is 1.46. The molecule has 31 heavy (non-hydrogen) atoms. The number of unbranched alkanes of at least 4 members (excludes halogenated alkanes) is 1. The number of nitrogens with one attached hydrogen (secondary N) is 2. The van der Waals surface area contributed by atoms with Gasteiger partial charge in [0.1, 0.15) is 5.75 Å². The molecule has 3 rings (SSSR count). The summed E-state index contributed by atoms with van der Waals surface area (Å²) in [6, 6.07) is 7.49. The molecule has 7 nitrogen and oxygen atoms in total. The summed E-state index contributed by atoms with van der Waals surface area (Å²) in [6.45, 7) is 8.42. The maximum atomic E-state index is 12.7. The molecule has 2 aromatic rings. The first-order chi connectivity index (χ1) is 14.9. The van der Waals surface area contributed by atoms with Crippen molar-refractivity contribution >= 4 is 34.0 Å². The highest BCUT2D eigenvalue weighted by molar-refractivity contribution is 7.15. The Bertz CT molecular complexity index is 862. The number of hydrogen-bond donors (Lipinski definition) is 2. The highest BCUT2D eigenvalue weighted by atomic mass is 32.1. The molecule has 1 aliphatic heterocycles. The number of piperidine rings is 1. The number of benzene rings is 1. The number of anilines is 2. The van der Waals surface area contributed by atoms with Gasteiger partial charge in [-0.05, 0) is 63.9 Å². The Morgan fingerprint density at radius 1 is 1.23 bits per heavy atom. The van der Waals surface area contributed by atoms with Crippen LogP contribution in [0.3, 0.4) is 0 Å². The first-order valence-electron chi connectivity index (χ1n) is 10.9. The van der Waals surface area contributed by atoms with Crippen LogP contribution >= 0.6 is 11.3 Å². The minimum Gasteiger partial charge on any atom is -0.494 e. The zero-order chi connectivity index (χ0) is 22.2. The van der Waals surface area contributed by atoms with Crippen LogP contribution in [0.2, 0.25) is 0 Å². The van der Waals surface area contributed by atoms with Crippen molar-refractivity contribution in [3.05, 3.63) is 34.8 Å². The lowest BCUT2D eigenvalue weighted by Gasteiger charge is -2.31. The van der Waals surface area contributed by atoms with Gasteiger partial charge >= 0.3 is 0 Å². The normalized spacial score (nSPS) is 16.7. The number of carbonyl (C=O) groups excluding carboxylic acids is 2. The maximum Gasteiger partial charge on any atom is 0.240 e. The van der Waals surface area contributed by atoms with Crippen molar-refractivity contribution < 1.29 is 14.3 Å². The number of ether oxygens (including phenoxy) is 1. The Hall–Kier alpha value is -2.45. The van der Waals surface area contributed by atoms with Crippen LogP contribution in [0.15, 0.2) is 24.3 Å². The number of amides is 2. The Morgan fingerprint density at radius 2 is 2.00 bits per heavy atom. The Kier molecular flexibility index (Phi) is 8.43. The zero-order valence-electron chi connectivity index (χ0n) is 18.6. The molecule has 2 amide bonds. The predicted octanol–water partition coefficient (Wildman–Crippen LogP) is 4.23. The Labute approximate surface area is 188 Å². The third-order valence-electron chi connectivity index (χ3n) is 5.41. The van der Waals surface area contributed by atoms with Crippen molar-refractivity contribution in [2.45, 2.75) is 46.5 Å². The van der Waals surface area contributed by atoms with E-state index in [0.717, 1.165) is 54.2 Å². The molecule has 1 aliphatic rings. The zero-order valence-corrected chi connectivity index (χ0v) is 19.4. The molecule has 1 saturated heterocycles. The monoisotopic (exact) mass is 444 g/mol. The van der Waals surface area contributed by atoms with Crippen molar-refractivity contribution in [2.24, 2.45) is 5.92 Å². The van der Waals surface area contributed by atoms with Crippen LogP contribution in [0.4, 0.5) is 10.8 Å². The number of likely N-dealkylation sites (tertiary alicyclic amines) is 1. The number of hydrogen-bond acceptors (Lipinski definition) is 6. The summed E-state index contributed by atoms with van der Waals surface area (Å²) >= 11 is 1.48. The average Bonchev–Trinajstić information content (AvgIpc) is 3.06. The van der Waals surface area contributed by atoms with Crippen molar-refractivity contribution in [3.63, 3.8) is 0 Å². The molecule has 8 heteroatoms. The van der Waals surface area contributed by atoms with Gasteiger partial charge in [-0.15, -0.1) is 11.3 Å². The molecular weight excluding hydrogens is 412 g/mol. The number of thiazole rings is 1. The van der Waals surface area contributed by atoms with Crippen molar-refractivity contribution in [1.29, 1.82) is 0 Å². The molecule has 168 valence electrons. The lowest BCUT2D eigenvalue weighted by atomic mass is 9.97. The second-order valence-electron chi connectivity index (χ2n) is 8.00. The molecule has 2 heterocycles. The van der Waals surface area contributed by atoms with E-state index in [0.29, 0.717) is 18.3 Å². The summed E-state index contributed by atoms with van der Waals surface area (Å²) in [5, 5.41) is 6.50. The molecule has 0 spiro atoms. The van der Waals surface area contributed by atoms with E-state index >= 15 is 0 Å². The summed E-state index contributed by atoms with van der Waals surface area (Å²) < 4.78 is 5.66. The highest BCUT2D eigenvalue weighted by Crippen LogP contribution is 2.22. The van der Waals surface area contributed by atoms with Crippen LogP contribution in [0.25, 0.3) is 0 Å². The second kappa shape index (κ2) is 11.2. The topological polar surface area (TPSA) is 83.6 Å². The van der Waals surface area contributed by atoms with E-state index < -0.39 is 0 Å². The van der Waals surface area contributed by atoms with Crippen LogP contribution in [-0.4, -0.2) is 47.9 Å². The molecule has 2 N–H and O–H groups in total. The summed E-state index contributed by atoms with van der Waals surface area (Å²) in [5.74, 6) is 0.586. The SMILES string of the molecule is CCCCOc1ccc(NC(=O)C2CCCN(CC(=O)Nc3nc(C)c(C)s3)C2)cc1. The quantitative estimate of drug-likeness (QED) is 0.566. The molecular formula is C23H32N4O3S. The number of aromatic nitrogens is 1. The maximum absolute atomic E-state index is 12.7. The Morgan fingerprint density at radius 3 is 2.68 bits per heavy atom. The van der Waals surface area contributed by atoms with Crippen LogP contribution < -0.4 is 15.4 Å². The number of carbonyl (C=O) groups is 2. The highest BCUT2D eigenvalue weighted by Gasteiger charge is 2.27. The standard InChI is InChI=1S/C23H32N4O3S/c1-4-5-13-30-20-10-8-19(9-11-20)25-22(29)18-7-6-12-27(14-18)15-21(28)26-23-24-16(2)17(3)31-23/h8-11,18H,4-7,12-15H2,1-3H3,(H,25,29)(H,24,26,28). The van der Waals surface area contributed by atoms with Gasteiger partial charge in [0, 0.05) is 17.1 Å². The van der Waals surface area contributed by atoms with E-state index in [1.807, 2.05) is 43.0 Å². The van der Waals surface area contributed by atoms with E-state index in [1.165, 1.54) is 11.3 Å². The van der Waals surface area contributed by atoms with E-state index in [1.54, 1.807) is 0 Å². The fraction of sp³-hybridized carbons (Fsp3) is 0.522. The van der Waals surface area contributed by atoms with E-state index in [4.69, 9.17) is 4.74 Å². The van der Waals surface area contributed by atoms with Gasteiger partial charge in [0.05, 0.1) is 24.8 Å².